The lowest BCUT2D eigenvalue weighted by Crippen LogP contribution is -2.26. The van der Waals surface area contributed by atoms with Gasteiger partial charge in [-0.25, -0.2) is 4.79 Å². The van der Waals surface area contributed by atoms with Crippen molar-refractivity contribution in [3.63, 3.8) is 0 Å². The number of carbonyl (C=O) groups is 2. The predicted octanol–water partition coefficient (Wildman–Crippen LogP) is 1.75. The van der Waals surface area contributed by atoms with Gasteiger partial charge in [-0.1, -0.05) is 12.1 Å². The van der Waals surface area contributed by atoms with Gasteiger partial charge in [-0.2, -0.15) is 0 Å². The second-order valence-corrected chi connectivity index (χ2v) is 3.61. The van der Waals surface area contributed by atoms with Gasteiger partial charge in [-0.05, 0) is 31.9 Å². The zero-order chi connectivity index (χ0) is 12.3. The van der Waals surface area contributed by atoms with Crippen molar-refractivity contribution in [3.8, 4) is 0 Å². The summed E-state index contributed by atoms with van der Waals surface area (Å²) < 4.78 is 0. The van der Waals surface area contributed by atoms with E-state index in [1.165, 1.54) is 0 Å². The van der Waals surface area contributed by atoms with Crippen LogP contribution in [0.25, 0.3) is 0 Å². The molecule has 16 heavy (non-hydrogen) atoms. The summed E-state index contributed by atoms with van der Waals surface area (Å²) in [7, 11) is 0. The highest BCUT2D eigenvalue weighted by atomic mass is 16.4. The van der Waals surface area contributed by atoms with E-state index in [2.05, 4.69) is 5.32 Å². The fourth-order valence-corrected chi connectivity index (χ4v) is 1.63. The van der Waals surface area contributed by atoms with Crippen LogP contribution >= 0.6 is 0 Å². The first kappa shape index (κ1) is 12.2. The molecule has 0 aliphatic heterocycles. The van der Waals surface area contributed by atoms with Crippen LogP contribution in [-0.2, 0) is 0 Å². The van der Waals surface area contributed by atoms with Gasteiger partial charge in [-0.3, -0.25) is 4.79 Å². The number of amides is 1. The molecule has 1 aromatic rings. The number of hydrogen-bond donors (Lipinski definition) is 2. The molecule has 0 aliphatic rings. The van der Waals surface area contributed by atoms with Crippen LogP contribution in [-0.4, -0.2) is 23.5 Å². The van der Waals surface area contributed by atoms with E-state index in [1.807, 2.05) is 0 Å². The van der Waals surface area contributed by atoms with Crippen molar-refractivity contribution in [2.75, 3.05) is 6.54 Å². The van der Waals surface area contributed by atoms with Crippen molar-refractivity contribution >= 4 is 11.9 Å². The Morgan fingerprint density at radius 1 is 1.19 bits per heavy atom. The van der Waals surface area contributed by atoms with Gasteiger partial charge in [0, 0.05) is 6.54 Å². The van der Waals surface area contributed by atoms with Crippen LogP contribution in [0.4, 0.5) is 0 Å². The summed E-state index contributed by atoms with van der Waals surface area (Å²) in [4.78, 5) is 22.9. The van der Waals surface area contributed by atoms with Crippen molar-refractivity contribution in [2.24, 2.45) is 0 Å². The number of hydrogen-bond acceptors (Lipinski definition) is 2. The summed E-state index contributed by atoms with van der Waals surface area (Å²) >= 11 is 0. The summed E-state index contributed by atoms with van der Waals surface area (Å²) in [5.41, 5.74) is 1.62. The molecule has 0 bridgehead atoms. The van der Waals surface area contributed by atoms with E-state index in [9.17, 15) is 9.59 Å². The fraction of sp³-hybridized carbons (Fsp3) is 0.333. The van der Waals surface area contributed by atoms with Crippen LogP contribution < -0.4 is 5.32 Å². The molecule has 4 nitrogen and oxygen atoms in total. The SMILES string of the molecule is CCNC(=O)c1c(C)ccc(C)c1C(=O)O. The molecule has 0 unspecified atom stereocenters. The van der Waals surface area contributed by atoms with E-state index in [4.69, 9.17) is 5.11 Å². The van der Waals surface area contributed by atoms with Crippen LogP contribution in [0, 0.1) is 13.8 Å². The molecule has 0 aromatic heterocycles. The van der Waals surface area contributed by atoms with E-state index >= 15 is 0 Å². The zero-order valence-corrected chi connectivity index (χ0v) is 9.63. The van der Waals surface area contributed by atoms with E-state index in [0.29, 0.717) is 17.7 Å². The molecule has 2 N–H and O–H groups in total. The maximum atomic E-state index is 11.8. The Morgan fingerprint density at radius 3 is 2.12 bits per heavy atom. The third kappa shape index (κ3) is 2.21. The van der Waals surface area contributed by atoms with Gasteiger partial charge in [-0.15, -0.1) is 0 Å². The number of carboxylic acid groups (broad SMARTS) is 1. The standard InChI is InChI=1S/C12H15NO3/c1-4-13-11(14)9-7(2)5-6-8(3)10(9)12(15)16/h5-6H,4H2,1-3H3,(H,13,14)(H,15,16). The highest BCUT2D eigenvalue weighted by molar-refractivity contribution is 6.06. The average Bonchev–Trinajstić information content (AvgIpc) is 2.20. The molecular formula is C12H15NO3. The summed E-state index contributed by atoms with van der Waals surface area (Å²) in [6, 6.07) is 3.47. The van der Waals surface area contributed by atoms with Gasteiger partial charge in [0.05, 0.1) is 11.1 Å². The minimum Gasteiger partial charge on any atom is -0.478 e. The average molecular weight is 221 g/mol. The van der Waals surface area contributed by atoms with Crippen molar-refractivity contribution < 1.29 is 14.7 Å². The molecule has 0 saturated carbocycles. The van der Waals surface area contributed by atoms with Crippen molar-refractivity contribution in [1.82, 2.24) is 5.32 Å². The first-order valence-electron chi connectivity index (χ1n) is 5.10. The number of carbonyl (C=O) groups excluding carboxylic acids is 1. The summed E-state index contributed by atoms with van der Waals surface area (Å²) in [6.07, 6.45) is 0. The maximum absolute atomic E-state index is 11.8. The van der Waals surface area contributed by atoms with Crippen molar-refractivity contribution in [1.29, 1.82) is 0 Å². The van der Waals surface area contributed by atoms with Crippen LogP contribution in [0.2, 0.25) is 0 Å². The molecule has 1 rings (SSSR count). The summed E-state index contributed by atoms with van der Waals surface area (Å²) in [5, 5.41) is 11.7. The predicted molar refractivity (Wildman–Crippen MR) is 60.9 cm³/mol. The Balaban J connectivity index is 3.40. The Labute approximate surface area is 94.3 Å². The largest absolute Gasteiger partial charge is 0.478 e. The van der Waals surface area contributed by atoms with Gasteiger partial charge in [0.25, 0.3) is 5.91 Å². The molecule has 0 heterocycles. The lowest BCUT2D eigenvalue weighted by atomic mass is 9.96. The van der Waals surface area contributed by atoms with Gasteiger partial charge >= 0.3 is 5.97 Å². The molecule has 1 amide bonds. The number of carboxylic acids is 1. The van der Waals surface area contributed by atoms with E-state index in [0.717, 1.165) is 0 Å². The van der Waals surface area contributed by atoms with E-state index in [1.54, 1.807) is 32.9 Å². The van der Waals surface area contributed by atoms with Crippen LogP contribution in [0.5, 0.6) is 0 Å². The van der Waals surface area contributed by atoms with E-state index in [-0.39, 0.29) is 17.0 Å². The molecule has 0 atom stereocenters. The highest BCUT2D eigenvalue weighted by Gasteiger charge is 2.20. The second-order valence-electron chi connectivity index (χ2n) is 3.61. The van der Waals surface area contributed by atoms with Gasteiger partial charge in [0.2, 0.25) is 0 Å². The summed E-state index contributed by atoms with van der Waals surface area (Å²) in [6.45, 7) is 5.69. The van der Waals surface area contributed by atoms with Gasteiger partial charge in [0.15, 0.2) is 0 Å². The van der Waals surface area contributed by atoms with Gasteiger partial charge < -0.3 is 10.4 Å². The molecule has 86 valence electrons. The Hall–Kier alpha value is -1.84. The van der Waals surface area contributed by atoms with E-state index < -0.39 is 5.97 Å². The smallest absolute Gasteiger partial charge is 0.336 e. The molecular weight excluding hydrogens is 206 g/mol. The topological polar surface area (TPSA) is 66.4 Å². The zero-order valence-electron chi connectivity index (χ0n) is 9.63. The number of nitrogens with one attached hydrogen (secondary N) is 1. The van der Waals surface area contributed by atoms with Crippen LogP contribution in [0.15, 0.2) is 12.1 Å². The molecule has 0 fully saturated rings. The number of aryl methyl sites for hydroxylation is 2. The fourth-order valence-electron chi connectivity index (χ4n) is 1.63. The first-order chi connectivity index (χ1) is 7.49. The van der Waals surface area contributed by atoms with Crippen LogP contribution in [0.3, 0.4) is 0 Å². The number of aromatic carboxylic acids is 1. The Kier molecular flexibility index (Phi) is 3.66. The third-order valence-corrected chi connectivity index (χ3v) is 2.40. The minimum atomic E-state index is -1.07. The molecule has 0 spiro atoms. The van der Waals surface area contributed by atoms with Crippen LogP contribution in [0.1, 0.15) is 38.8 Å². The summed E-state index contributed by atoms with van der Waals surface area (Å²) in [5.74, 6) is -1.40. The number of benzene rings is 1. The monoisotopic (exact) mass is 221 g/mol. The normalized spacial score (nSPS) is 9.94. The van der Waals surface area contributed by atoms with Crippen molar-refractivity contribution in [3.05, 3.63) is 34.4 Å². The molecule has 0 aliphatic carbocycles. The minimum absolute atomic E-state index is 0.0888. The first-order valence-corrected chi connectivity index (χ1v) is 5.10. The Bertz CT molecular complexity index is 438. The maximum Gasteiger partial charge on any atom is 0.336 e. The molecule has 1 aromatic carbocycles. The molecule has 4 heteroatoms. The lowest BCUT2D eigenvalue weighted by Gasteiger charge is -2.11. The van der Waals surface area contributed by atoms with Gasteiger partial charge in [0.1, 0.15) is 0 Å². The van der Waals surface area contributed by atoms with Crippen molar-refractivity contribution in [2.45, 2.75) is 20.8 Å². The molecule has 0 saturated heterocycles. The Morgan fingerprint density at radius 2 is 1.69 bits per heavy atom. The second kappa shape index (κ2) is 4.79. The molecule has 0 radical (unpaired) electrons. The quantitative estimate of drug-likeness (QED) is 0.817. The highest BCUT2D eigenvalue weighted by Crippen LogP contribution is 2.18. The lowest BCUT2D eigenvalue weighted by molar-refractivity contribution is 0.0690. The third-order valence-electron chi connectivity index (χ3n) is 2.40. The number of rotatable bonds is 3.